The first kappa shape index (κ1) is 20.2. The summed E-state index contributed by atoms with van der Waals surface area (Å²) in [5.74, 6) is 0.0864. The third-order valence-corrected chi connectivity index (χ3v) is 4.90. The van der Waals surface area contributed by atoms with Crippen LogP contribution in [-0.4, -0.2) is 15.0 Å². The zero-order valence-corrected chi connectivity index (χ0v) is 16.7. The zero-order chi connectivity index (χ0) is 21.6. The van der Waals surface area contributed by atoms with Crippen LogP contribution in [0.5, 0.6) is 0 Å². The van der Waals surface area contributed by atoms with Crippen molar-refractivity contribution in [3.8, 4) is 0 Å². The summed E-state index contributed by atoms with van der Waals surface area (Å²) in [5, 5.41) is 2.87. The van der Waals surface area contributed by atoms with Gasteiger partial charge in [0.15, 0.2) is 0 Å². The Morgan fingerprint density at radius 1 is 0.903 bits per heavy atom. The molecule has 2 aromatic heterocycles. The van der Waals surface area contributed by atoms with E-state index in [2.05, 4.69) is 5.32 Å². The Balaban J connectivity index is 1.57. The molecule has 7 nitrogen and oxygen atoms in total. The fourth-order valence-electron chi connectivity index (χ4n) is 3.37. The van der Waals surface area contributed by atoms with Crippen LogP contribution in [0.4, 0.5) is 0 Å². The molecule has 31 heavy (non-hydrogen) atoms. The van der Waals surface area contributed by atoms with E-state index in [1.807, 2.05) is 60.7 Å². The van der Waals surface area contributed by atoms with E-state index in [9.17, 15) is 14.4 Å². The van der Waals surface area contributed by atoms with Gasteiger partial charge in [0.1, 0.15) is 18.3 Å². The molecular weight excluding hydrogens is 394 g/mol. The first-order valence-electron chi connectivity index (χ1n) is 9.84. The molecule has 0 aliphatic heterocycles. The van der Waals surface area contributed by atoms with Crippen LogP contribution in [0, 0.1) is 0 Å². The van der Waals surface area contributed by atoms with Crippen molar-refractivity contribution in [1.82, 2.24) is 14.5 Å². The Morgan fingerprint density at radius 2 is 1.61 bits per heavy atom. The lowest BCUT2D eigenvalue weighted by atomic mass is 10.0. The number of nitrogens with zero attached hydrogens (tertiary/aromatic N) is 2. The molecule has 2 aromatic carbocycles. The van der Waals surface area contributed by atoms with Gasteiger partial charge in [-0.25, -0.2) is 4.79 Å². The number of rotatable bonds is 7. The fourth-order valence-corrected chi connectivity index (χ4v) is 3.37. The molecule has 0 bridgehead atoms. The van der Waals surface area contributed by atoms with Gasteiger partial charge >= 0.3 is 5.69 Å². The van der Waals surface area contributed by atoms with Crippen LogP contribution in [0.1, 0.15) is 22.9 Å². The van der Waals surface area contributed by atoms with Crippen molar-refractivity contribution in [3.63, 3.8) is 0 Å². The molecule has 0 spiro atoms. The van der Waals surface area contributed by atoms with Crippen LogP contribution in [0.2, 0.25) is 0 Å². The van der Waals surface area contributed by atoms with E-state index in [0.29, 0.717) is 12.3 Å². The Bertz CT molecular complexity index is 1260. The van der Waals surface area contributed by atoms with Gasteiger partial charge in [0.25, 0.3) is 5.56 Å². The van der Waals surface area contributed by atoms with Crippen molar-refractivity contribution in [2.24, 2.45) is 0 Å². The summed E-state index contributed by atoms with van der Waals surface area (Å²) in [6, 6.07) is 23.0. The molecule has 1 atom stereocenters. The molecule has 4 rings (SSSR count). The lowest BCUT2D eigenvalue weighted by molar-refractivity contribution is -0.122. The lowest BCUT2D eigenvalue weighted by Gasteiger charge is -2.18. The van der Waals surface area contributed by atoms with Gasteiger partial charge in [-0.1, -0.05) is 60.7 Å². The third-order valence-electron chi connectivity index (χ3n) is 4.90. The molecule has 156 valence electrons. The number of hydrogen-bond acceptors (Lipinski definition) is 4. The zero-order valence-electron chi connectivity index (χ0n) is 16.7. The highest BCUT2D eigenvalue weighted by molar-refractivity contribution is 5.76. The highest BCUT2D eigenvalue weighted by atomic mass is 16.3. The van der Waals surface area contributed by atoms with Crippen molar-refractivity contribution >= 4 is 5.91 Å². The van der Waals surface area contributed by atoms with E-state index in [4.69, 9.17) is 4.42 Å². The van der Waals surface area contributed by atoms with Crippen LogP contribution in [0.3, 0.4) is 0 Å². The minimum atomic E-state index is -0.541. The summed E-state index contributed by atoms with van der Waals surface area (Å²) >= 11 is 0. The molecule has 0 saturated heterocycles. The van der Waals surface area contributed by atoms with Crippen LogP contribution >= 0.6 is 0 Å². The number of nitrogens with one attached hydrogen (secondary N) is 1. The van der Waals surface area contributed by atoms with E-state index in [1.165, 1.54) is 23.1 Å². The standard InChI is InChI=1S/C24H21N3O4/c28-21(25-23(20-12-7-15-31-20)19-10-5-2-6-11-19)17-27-22(29)13-14-26(24(27)30)16-18-8-3-1-4-9-18/h1-15,23H,16-17H2,(H,25,28). The first-order valence-corrected chi connectivity index (χ1v) is 9.84. The summed E-state index contributed by atoms with van der Waals surface area (Å²) in [5.41, 5.74) is 0.674. The van der Waals surface area contributed by atoms with E-state index in [0.717, 1.165) is 15.7 Å². The Kier molecular flexibility index (Phi) is 5.93. The predicted molar refractivity (Wildman–Crippen MR) is 116 cm³/mol. The number of carbonyl (C=O) groups is 1. The van der Waals surface area contributed by atoms with Crippen molar-refractivity contribution in [1.29, 1.82) is 0 Å². The number of benzene rings is 2. The molecule has 0 radical (unpaired) electrons. The monoisotopic (exact) mass is 415 g/mol. The second-order valence-corrected chi connectivity index (χ2v) is 7.06. The number of carbonyl (C=O) groups excluding carboxylic acids is 1. The second-order valence-electron chi connectivity index (χ2n) is 7.06. The van der Waals surface area contributed by atoms with Gasteiger partial charge in [-0.2, -0.15) is 0 Å². The van der Waals surface area contributed by atoms with Gasteiger partial charge in [-0.15, -0.1) is 0 Å². The quantitative estimate of drug-likeness (QED) is 0.503. The first-order chi connectivity index (χ1) is 15.1. The smallest absolute Gasteiger partial charge is 0.331 e. The average Bonchev–Trinajstić information content (AvgIpc) is 3.33. The second kappa shape index (κ2) is 9.13. The molecule has 1 N–H and O–H groups in total. The predicted octanol–water partition coefficient (Wildman–Crippen LogP) is 2.56. The molecule has 0 aliphatic carbocycles. The molecule has 0 saturated carbocycles. The number of aromatic nitrogens is 2. The SMILES string of the molecule is O=C(Cn1c(=O)ccn(Cc2ccccc2)c1=O)NC(c1ccccc1)c1ccco1. The van der Waals surface area contributed by atoms with Crippen LogP contribution < -0.4 is 16.6 Å². The number of furan rings is 1. The normalized spacial score (nSPS) is 11.7. The van der Waals surface area contributed by atoms with Crippen LogP contribution in [0.25, 0.3) is 0 Å². The highest BCUT2D eigenvalue weighted by Gasteiger charge is 2.20. The van der Waals surface area contributed by atoms with Gasteiger partial charge < -0.3 is 9.73 Å². The van der Waals surface area contributed by atoms with E-state index < -0.39 is 29.7 Å². The fraction of sp³-hybridized carbons (Fsp3) is 0.125. The van der Waals surface area contributed by atoms with Gasteiger partial charge in [0.2, 0.25) is 5.91 Å². The molecular formula is C24H21N3O4. The average molecular weight is 415 g/mol. The molecule has 7 heteroatoms. The Morgan fingerprint density at radius 3 is 2.29 bits per heavy atom. The molecule has 0 aliphatic rings. The summed E-state index contributed by atoms with van der Waals surface area (Å²) in [4.78, 5) is 38.0. The minimum Gasteiger partial charge on any atom is -0.467 e. The maximum absolute atomic E-state index is 12.8. The summed E-state index contributed by atoms with van der Waals surface area (Å²) < 4.78 is 7.83. The van der Waals surface area contributed by atoms with Crippen LogP contribution in [-0.2, 0) is 17.9 Å². The molecule has 2 heterocycles. The number of hydrogen-bond donors (Lipinski definition) is 1. The van der Waals surface area contributed by atoms with Crippen molar-refractivity contribution < 1.29 is 9.21 Å². The van der Waals surface area contributed by atoms with E-state index in [1.54, 1.807) is 12.1 Å². The Hall–Kier alpha value is -4.13. The van der Waals surface area contributed by atoms with Crippen LogP contribution in [0.15, 0.2) is 105 Å². The molecule has 0 fully saturated rings. The highest BCUT2D eigenvalue weighted by Crippen LogP contribution is 2.22. The van der Waals surface area contributed by atoms with E-state index >= 15 is 0 Å². The van der Waals surface area contributed by atoms with Gasteiger partial charge in [-0.05, 0) is 23.3 Å². The van der Waals surface area contributed by atoms with E-state index in [-0.39, 0.29) is 0 Å². The largest absolute Gasteiger partial charge is 0.467 e. The van der Waals surface area contributed by atoms with Crippen molar-refractivity contribution in [3.05, 3.63) is 129 Å². The van der Waals surface area contributed by atoms with Gasteiger partial charge in [0.05, 0.1) is 12.8 Å². The lowest BCUT2D eigenvalue weighted by Crippen LogP contribution is -2.43. The molecule has 1 unspecified atom stereocenters. The molecule has 4 aromatic rings. The van der Waals surface area contributed by atoms with Crippen molar-refractivity contribution in [2.45, 2.75) is 19.1 Å². The molecule has 1 amide bonds. The number of amides is 1. The van der Waals surface area contributed by atoms with Crippen molar-refractivity contribution in [2.75, 3.05) is 0 Å². The van der Waals surface area contributed by atoms with Gasteiger partial charge in [0, 0.05) is 12.3 Å². The summed E-state index contributed by atoms with van der Waals surface area (Å²) in [6.45, 7) is -0.0854. The maximum atomic E-state index is 12.8. The third kappa shape index (κ3) is 4.72. The Labute approximate surface area is 178 Å². The van der Waals surface area contributed by atoms with Gasteiger partial charge in [-0.3, -0.25) is 18.7 Å². The summed E-state index contributed by atoms with van der Waals surface area (Å²) in [7, 11) is 0. The minimum absolute atomic E-state index is 0.306. The topological polar surface area (TPSA) is 86.2 Å². The summed E-state index contributed by atoms with van der Waals surface area (Å²) in [6.07, 6.45) is 2.98. The maximum Gasteiger partial charge on any atom is 0.331 e.